The van der Waals surface area contributed by atoms with Crippen molar-refractivity contribution in [2.75, 3.05) is 20.7 Å². The van der Waals surface area contributed by atoms with Crippen molar-refractivity contribution in [2.24, 2.45) is 0 Å². The van der Waals surface area contributed by atoms with E-state index in [4.69, 9.17) is 18.9 Å². The Hall–Kier alpha value is -2.54. The lowest BCUT2D eigenvalue weighted by molar-refractivity contribution is -0.206. The molecule has 2 aliphatic carbocycles. The van der Waals surface area contributed by atoms with E-state index in [1.165, 1.54) is 89.0 Å². The number of benzene rings is 1. The standard InChI is InChI=1S/C42H65NO6/c1-5-7-9-11-13-15-17-19-21-23-36(44)47-34-27-28-42(49-37(45)24-22-20-18-16-14-12-10-8-6-2)35-31-32-25-26-33(46-4)39-38(32)41(42,40(34)48-39)29-30-43(35)3/h25-27,35,40H,5-24,28-31H2,1-4H3/t35-,40+,41+,42-/m1/s1. The fourth-order valence-corrected chi connectivity index (χ4v) is 9.35. The van der Waals surface area contributed by atoms with Gasteiger partial charge in [0.05, 0.1) is 18.6 Å². The van der Waals surface area contributed by atoms with Crippen LogP contribution in [0.3, 0.4) is 0 Å². The van der Waals surface area contributed by atoms with Crippen LogP contribution in [0.15, 0.2) is 24.0 Å². The summed E-state index contributed by atoms with van der Waals surface area (Å²) in [6, 6.07) is 4.14. The van der Waals surface area contributed by atoms with Gasteiger partial charge < -0.3 is 18.9 Å². The van der Waals surface area contributed by atoms with Gasteiger partial charge in [-0.05, 0) is 57.0 Å². The van der Waals surface area contributed by atoms with E-state index in [1.54, 1.807) is 7.11 Å². The van der Waals surface area contributed by atoms with Crippen molar-refractivity contribution in [3.63, 3.8) is 0 Å². The van der Waals surface area contributed by atoms with Crippen LogP contribution in [0.25, 0.3) is 0 Å². The summed E-state index contributed by atoms with van der Waals surface area (Å²) >= 11 is 0. The number of carbonyl (C=O) groups excluding carboxylic acids is 2. The summed E-state index contributed by atoms with van der Waals surface area (Å²) in [6.45, 7) is 5.35. The van der Waals surface area contributed by atoms with Crippen LogP contribution in [0.4, 0.5) is 0 Å². The maximum absolute atomic E-state index is 13.8. The molecule has 274 valence electrons. The first-order chi connectivity index (χ1) is 23.9. The zero-order chi connectivity index (χ0) is 34.7. The zero-order valence-corrected chi connectivity index (χ0v) is 31.3. The Kier molecular flexibility index (Phi) is 13.9. The molecule has 2 heterocycles. The fourth-order valence-electron chi connectivity index (χ4n) is 9.35. The molecule has 2 bridgehead atoms. The Balaban J connectivity index is 1.27. The molecule has 0 aromatic heterocycles. The summed E-state index contributed by atoms with van der Waals surface area (Å²) in [6.07, 6.45) is 26.0. The van der Waals surface area contributed by atoms with Gasteiger partial charge in [-0.15, -0.1) is 0 Å². The van der Waals surface area contributed by atoms with Gasteiger partial charge in [-0.3, -0.25) is 14.5 Å². The average Bonchev–Trinajstić information content (AvgIpc) is 3.45. The number of likely N-dealkylation sites (N-methyl/N-ethyl adjacent to an activating group) is 1. The van der Waals surface area contributed by atoms with Crippen molar-refractivity contribution in [2.45, 2.75) is 185 Å². The van der Waals surface area contributed by atoms with Crippen molar-refractivity contribution < 1.29 is 28.5 Å². The summed E-state index contributed by atoms with van der Waals surface area (Å²) in [7, 11) is 3.82. The molecule has 0 N–H and O–H groups in total. The summed E-state index contributed by atoms with van der Waals surface area (Å²) < 4.78 is 25.7. The number of nitrogens with zero attached hydrogens (tertiary/aromatic N) is 1. The molecule has 4 aliphatic rings. The summed E-state index contributed by atoms with van der Waals surface area (Å²) in [4.78, 5) is 29.4. The SMILES string of the molecule is CCCCCCCCCCCC(=O)OC1=CC[C@@]2(OC(=O)CCCCCCCCCCC)[C@H]3Cc4ccc(OC)c5c4[C@@]2(CCN3C)[C@H]1O5. The Labute approximate surface area is 296 Å². The zero-order valence-electron chi connectivity index (χ0n) is 31.3. The molecule has 1 fully saturated rings. The minimum atomic E-state index is -0.807. The molecular formula is C42H65NO6. The van der Waals surface area contributed by atoms with Crippen molar-refractivity contribution in [3.8, 4) is 11.5 Å². The fraction of sp³-hybridized carbons (Fsp3) is 0.762. The predicted octanol–water partition coefficient (Wildman–Crippen LogP) is 9.91. The third kappa shape index (κ3) is 8.18. The number of piperidine rings is 1. The number of likely N-dealkylation sites (tertiary alicyclic amines) is 1. The highest BCUT2D eigenvalue weighted by Crippen LogP contribution is 2.66. The minimum absolute atomic E-state index is 0.00161. The van der Waals surface area contributed by atoms with E-state index in [2.05, 4.69) is 31.9 Å². The Morgan fingerprint density at radius 3 is 1.98 bits per heavy atom. The molecule has 0 amide bonds. The van der Waals surface area contributed by atoms with Crippen molar-refractivity contribution in [1.29, 1.82) is 0 Å². The van der Waals surface area contributed by atoms with Crippen LogP contribution in [0.1, 0.15) is 166 Å². The van der Waals surface area contributed by atoms with Gasteiger partial charge in [-0.2, -0.15) is 0 Å². The lowest BCUT2D eigenvalue weighted by atomic mass is 9.50. The smallest absolute Gasteiger partial charge is 0.310 e. The van der Waals surface area contributed by atoms with Crippen molar-refractivity contribution >= 4 is 11.9 Å². The van der Waals surface area contributed by atoms with Crippen molar-refractivity contribution in [1.82, 2.24) is 4.90 Å². The van der Waals surface area contributed by atoms with E-state index in [-0.39, 0.29) is 18.0 Å². The quantitative estimate of drug-likeness (QED) is 0.0842. The van der Waals surface area contributed by atoms with Gasteiger partial charge in [0.2, 0.25) is 0 Å². The second-order valence-electron chi connectivity index (χ2n) is 15.4. The lowest BCUT2D eigenvalue weighted by Gasteiger charge is -2.62. The van der Waals surface area contributed by atoms with E-state index < -0.39 is 17.1 Å². The van der Waals surface area contributed by atoms with Crippen molar-refractivity contribution in [3.05, 3.63) is 35.1 Å². The molecule has 7 heteroatoms. The number of esters is 2. The van der Waals surface area contributed by atoms with Gasteiger partial charge in [-0.25, -0.2) is 0 Å². The van der Waals surface area contributed by atoms with Crippen LogP contribution in [-0.2, 0) is 30.9 Å². The van der Waals surface area contributed by atoms with Gasteiger partial charge >= 0.3 is 11.9 Å². The topological polar surface area (TPSA) is 74.3 Å². The molecule has 1 aromatic rings. The van der Waals surface area contributed by atoms with Crippen LogP contribution in [0.2, 0.25) is 0 Å². The molecule has 1 saturated heterocycles. The first kappa shape index (κ1) is 37.7. The third-order valence-corrected chi connectivity index (χ3v) is 12.0. The number of rotatable bonds is 23. The summed E-state index contributed by atoms with van der Waals surface area (Å²) in [5, 5.41) is 0. The molecule has 1 spiro atoms. The average molecular weight is 680 g/mol. The molecule has 49 heavy (non-hydrogen) atoms. The van der Waals surface area contributed by atoms with Gasteiger partial charge in [0.15, 0.2) is 17.6 Å². The number of carbonyl (C=O) groups is 2. The maximum atomic E-state index is 13.8. The highest BCUT2D eigenvalue weighted by atomic mass is 16.6. The molecule has 7 nitrogen and oxygen atoms in total. The largest absolute Gasteiger partial charge is 0.493 e. The molecule has 2 aliphatic heterocycles. The van der Waals surface area contributed by atoms with Crippen LogP contribution in [-0.4, -0.2) is 55.3 Å². The molecular weight excluding hydrogens is 614 g/mol. The highest BCUT2D eigenvalue weighted by molar-refractivity contribution is 5.74. The maximum Gasteiger partial charge on any atom is 0.310 e. The lowest BCUT2D eigenvalue weighted by Crippen LogP contribution is -2.75. The third-order valence-electron chi connectivity index (χ3n) is 12.0. The second-order valence-corrected chi connectivity index (χ2v) is 15.4. The number of unbranched alkanes of at least 4 members (excludes halogenated alkanes) is 16. The van der Waals surface area contributed by atoms with E-state index in [9.17, 15) is 9.59 Å². The normalized spacial score (nSPS) is 24.9. The van der Waals surface area contributed by atoms with Gasteiger partial charge in [0.1, 0.15) is 11.4 Å². The van der Waals surface area contributed by atoms with Crippen LogP contribution >= 0.6 is 0 Å². The minimum Gasteiger partial charge on any atom is -0.493 e. The summed E-state index contributed by atoms with van der Waals surface area (Å²) in [5.41, 5.74) is 0.858. The Morgan fingerprint density at radius 2 is 1.39 bits per heavy atom. The molecule has 4 atom stereocenters. The predicted molar refractivity (Wildman–Crippen MR) is 195 cm³/mol. The first-order valence-electron chi connectivity index (χ1n) is 20.1. The van der Waals surface area contributed by atoms with Gasteiger partial charge in [0, 0.05) is 24.8 Å². The van der Waals surface area contributed by atoms with E-state index >= 15 is 0 Å². The van der Waals surface area contributed by atoms with Crippen LogP contribution < -0.4 is 9.47 Å². The molecule has 5 rings (SSSR count). The number of methoxy groups -OCH3 is 1. The Bertz CT molecular complexity index is 1280. The van der Waals surface area contributed by atoms with Gasteiger partial charge in [0.25, 0.3) is 0 Å². The van der Waals surface area contributed by atoms with E-state index in [1.807, 2.05) is 12.1 Å². The molecule has 0 unspecified atom stereocenters. The monoisotopic (exact) mass is 679 g/mol. The number of hydrogen-bond acceptors (Lipinski definition) is 7. The highest BCUT2D eigenvalue weighted by Gasteiger charge is 2.74. The molecule has 0 radical (unpaired) electrons. The Morgan fingerprint density at radius 1 is 0.816 bits per heavy atom. The van der Waals surface area contributed by atoms with Crippen LogP contribution in [0, 0.1) is 0 Å². The van der Waals surface area contributed by atoms with Gasteiger partial charge in [-0.1, -0.05) is 123 Å². The number of ether oxygens (including phenoxy) is 4. The van der Waals surface area contributed by atoms with E-state index in [0.29, 0.717) is 30.8 Å². The first-order valence-corrected chi connectivity index (χ1v) is 20.1. The van der Waals surface area contributed by atoms with E-state index in [0.717, 1.165) is 62.8 Å². The number of hydrogen-bond donors (Lipinski definition) is 0. The van der Waals surface area contributed by atoms with Crippen LogP contribution in [0.5, 0.6) is 11.5 Å². The molecule has 1 aromatic carbocycles. The molecule has 0 saturated carbocycles. The second kappa shape index (κ2) is 18.1. The summed E-state index contributed by atoms with van der Waals surface area (Å²) in [5.74, 6) is 1.64.